The summed E-state index contributed by atoms with van der Waals surface area (Å²) in [5.41, 5.74) is 1.89. The van der Waals surface area contributed by atoms with Crippen molar-refractivity contribution in [2.45, 2.75) is 19.5 Å². The summed E-state index contributed by atoms with van der Waals surface area (Å²) >= 11 is 0. The SMILES string of the molecule is Fc1ccc2c(c1)nc(COc1ccccc1)n2Cc1ccc(OC(F)(F)F)cc1. The molecule has 0 radical (unpaired) electrons. The second kappa shape index (κ2) is 8.06. The van der Waals surface area contributed by atoms with Crippen molar-refractivity contribution in [1.82, 2.24) is 9.55 Å². The largest absolute Gasteiger partial charge is 0.573 e. The molecule has 0 atom stereocenters. The smallest absolute Gasteiger partial charge is 0.486 e. The number of alkyl halides is 3. The van der Waals surface area contributed by atoms with Crippen LogP contribution in [0, 0.1) is 5.82 Å². The summed E-state index contributed by atoms with van der Waals surface area (Å²) in [4.78, 5) is 4.48. The molecule has 1 aromatic heterocycles. The molecule has 0 unspecified atom stereocenters. The molecule has 1 heterocycles. The van der Waals surface area contributed by atoms with Gasteiger partial charge < -0.3 is 14.0 Å². The lowest BCUT2D eigenvalue weighted by molar-refractivity contribution is -0.274. The molecule has 8 heteroatoms. The van der Waals surface area contributed by atoms with Gasteiger partial charge in [0.15, 0.2) is 0 Å². The summed E-state index contributed by atoms with van der Waals surface area (Å²) in [5, 5.41) is 0. The van der Waals surface area contributed by atoms with Crippen molar-refractivity contribution in [3.63, 3.8) is 0 Å². The van der Waals surface area contributed by atoms with Gasteiger partial charge in [0.05, 0.1) is 11.0 Å². The molecular weight excluding hydrogens is 400 g/mol. The Kier molecular flexibility index (Phi) is 5.31. The molecule has 0 aliphatic carbocycles. The molecule has 154 valence electrons. The van der Waals surface area contributed by atoms with Gasteiger partial charge in [-0.3, -0.25) is 0 Å². The van der Waals surface area contributed by atoms with Crippen LogP contribution in [0.25, 0.3) is 11.0 Å². The van der Waals surface area contributed by atoms with E-state index in [4.69, 9.17) is 4.74 Å². The van der Waals surface area contributed by atoms with Crippen LogP contribution in [0.1, 0.15) is 11.4 Å². The van der Waals surface area contributed by atoms with Crippen molar-refractivity contribution in [3.05, 3.63) is 90.0 Å². The van der Waals surface area contributed by atoms with Gasteiger partial charge >= 0.3 is 6.36 Å². The monoisotopic (exact) mass is 416 g/mol. The van der Waals surface area contributed by atoms with Crippen LogP contribution in [0.15, 0.2) is 72.8 Å². The number of benzene rings is 3. The van der Waals surface area contributed by atoms with E-state index >= 15 is 0 Å². The highest BCUT2D eigenvalue weighted by atomic mass is 19.4. The molecule has 4 rings (SSSR count). The highest BCUT2D eigenvalue weighted by Crippen LogP contribution is 2.25. The number of halogens is 4. The van der Waals surface area contributed by atoms with Crippen molar-refractivity contribution >= 4 is 11.0 Å². The molecule has 4 nitrogen and oxygen atoms in total. The van der Waals surface area contributed by atoms with E-state index in [2.05, 4.69) is 9.72 Å². The van der Waals surface area contributed by atoms with Gasteiger partial charge in [0.2, 0.25) is 0 Å². The van der Waals surface area contributed by atoms with Gasteiger partial charge in [0, 0.05) is 12.6 Å². The Morgan fingerprint density at radius 2 is 1.60 bits per heavy atom. The minimum atomic E-state index is -4.74. The number of hydrogen-bond donors (Lipinski definition) is 0. The molecular formula is C22H16F4N2O2. The molecule has 0 bridgehead atoms. The van der Waals surface area contributed by atoms with E-state index < -0.39 is 12.2 Å². The third-order valence-corrected chi connectivity index (χ3v) is 4.40. The van der Waals surface area contributed by atoms with Crippen LogP contribution in [0.3, 0.4) is 0 Å². The first kappa shape index (κ1) is 19.8. The highest BCUT2D eigenvalue weighted by Gasteiger charge is 2.30. The predicted molar refractivity (Wildman–Crippen MR) is 103 cm³/mol. The molecule has 0 spiro atoms. The number of para-hydroxylation sites is 1. The lowest BCUT2D eigenvalue weighted by Gasteiger charge is -2.12. The van der Waals surface area contributed by atoms with Gasteiger partial charge in [0.1, 0.15) is 29.7 Å². The van der Waals surface area contributed by atoms with Gasteiger partial charge in [-0.25, -0.2) is 9.37 Å². The lowest BCUT2D eigenvalue weighted by atomic mass is 10.2. The third kappa shape index (κ3) is 4.71. The van der Waals surface area contributed by atoms with E-state index in [1.54, 1.807) is 6.07 Å². The molecule has 0 amide bonds. The van der Waals surface area contributed by atoms with Gasteiger partial charge in [-0.1, -0.05) is 30.3 Å². The average molecular weight is 416 g/mol. The van der Waals surface area contributed by atoms with Crippen LogP contribution in [-0.2, 0) is 13.2 Å². The quantitative estimate of drug-likeness (QED) is 0.378. The number of imidazole rings is 1. The zero-order valence-electron chi connectivity index (χ0n) is 15.6. The van der Waals surface area contributed by atoms with Crippen molar-refractivity contribution in [2.24, 2.45) is 0 Å². The minimum Gasteiger partial charge on any atom is -0.486 e. The Morgan fingerprint density at radius 3 is 2.30 bits per heavy atom. The maximum absolute atomic E-state index is 13.6. The summed E-state index contributed by atoms with van der Waals surface area (Å²) in [6.07, 6.45) is -4.74. The Balaban J connectivity index is 1.61. The summed E-state index contributed by atoms with van der Waals surface area (Å²) < 4.78 is 62.2. The van der Waals surface area contributed by atoms with Crippen molar-refractivity contribution in [3.8, 4) is 11.5 Å². The van der Waals surface area contributed by atoms with E-state index in [1.807, 2.05) is 34.9 Å². The molecule has 3 aromatic carbocycles. The van der Waals surface area contributed by atoms with Crippen LogP contribution >= 0.6 is 0 Å². The van der Waals surface area contributed by atoms with Crippen molar-refractivity contribution in [1.29, 1.82) is 0 Å². The fourth-order valence-electron chi connectivity index (χ4n) is 3.08. The fraction of sp³-hybridized carbons (Fsp3) is 0.136. The predicted octanol–water partition coefficient (Wildman–Crippen LogP) is 5.70. The van der Waals surface area contributed by atoms with E-state index in [0.717, 1.165) is 5.56 Å². The summed E-state index contributed by atoms with van der Waals surface area (Å²) in [6, 6.07) is 19.1. The zero-order chi connectivity index (χ0) is 21.1. The maximum atomic E-state index is 13.6. The first-order chi connectivity index (χ1) is 14.4. The van der Waals surface area contributed by atoms with Crippen LogP contribution in [-0.4, -0.2) is 15.9 Å². The summed E-state index contributed by atoms with van der Waals surface area (Å²) in [5.74, 6) is 0.527. The normalized spacial score (nSPS) is 11.6. The lowest BCUT2D eigenvalue weighted by Crippen LogP contribution is -2.17. The van der Waals surface area contributed by atoms with Crippen LogP contribution in [0.2, 0.25) is 0 Å². The van der Waals surface area contributed by atoms with Crippen molar-refractivity contribution in [2.75, 3.05) is 0 Å². The van der Waals surface area contributed by atoms with E-state index in [0.29, 0.717) is 29.2 Å². The van der Waals surface area contributed by atoms with Gasteiger partial charge in [-0.15, -0.1) is 13.2 Å². The van der Waals surface area contributed by atoms with Crippen molar-refractivity contribution < 1.29 is 27.0 Å². The van der Waals surface area contributed by atoms with Gasteiger partial charge in [-0.2, -0.15) is 0 Å². The second-order valence-electron chi connectivity index (χ2n) is 6.54. The Bertz CT molecular complexity index is 1140. The average Bonchev–Trinajstić information content (AvgIpc) is 3.04. The van der Waals surface area contributed by atoms with Gasteiger partial charge in [-0.05, 0) is 42.0 Å². The topological polar surface area (TPSA) is 36.3 Å². The van der Waals surface area contributed by atoms with E-state index in [1.165, 1.54) is 36.4 Å². The van der Waals surface area contributed by atoms with Crippen LogP contribution in [0.5, 0.6) is 11.5 Å². The van der Waals surface area contributed by atoms with Crippen LogP contribution < -0.4 is 9.47 Å². The number of nitrogens with zero attached hydrogens (tertiary/aromatic N) is 2. The molecule has 0 aliphatic heterocycles. The van der Waals surface area contributed by atoms with E-state index in [-0.39, 0.29) is 12.4 Å². The number of rotatable bonds is 6. The first-order valence-corrected chi connectivity index (χ1v) is 9.04. The number of aromatic nitrogens is 2. The standard InChI is InChI=1S/C22H16F4N2O2/c23-16-8-11-20-19(12-16)27-21(14-29-17-4-2-1-3-5-17)28(20)13-15-6-9-18(10-7-15)30-22(24,25)26/h1-12H,13-14H2. The molecule has 0 fully saturated rings. The molecule has 4 aromatic rings. The Hall–Kier alpha value is -3.55. The molecule has 0 saturated heterocycles. The molecule has 0 N–H and O–H groups in total. The highest BCUT2D eigenvalue weighted by molar-refractivity contribution is 5.76. The fourth-order valence-corrected chi connectivity index (χ4v) is 3.08. The summed E-state index contributed by atoms with van der Waals surface area (Å²) in [6.45, 7) is 0.470. The van der Waals surface area contributed by atoms with Gasteiger partial charge in [0.25, 0.3) is 0 Å². The second-order valence-corrected chi connectivity index (χ2v) is 6.54. The number of hydrogen-bond acceptors (Lipinski definition) is 3. The molecule has 0 aliphatic rings. The Labute approximate surface area is 169 Å². The summed E-state index contributed by atoms with van der Waals surface area (Å²) in [7, 11) is 0. The Morgan fingerprint density at radius 1 is 0.867 bits per heavy atom. The molecule has 30 heavy (non-hydrogen) atoms. The zero-order valence-corrected chi connectivity index (χ0v) is 15.6. The number of fused-ring (bicyclic) bond motifs is 1. The minimum absolute atomic E-state index is 0.148. The maximum Gasteiger partial charge on any atom is 0.573 e. The first-order valence-electron chi connectivity index (χ1n) is 9.04. The third-order valence-electron chi connectivity index (χ3n) is 4.40. The van der Waals surface area contributed by atoms with E-state index in [9.17, 15) is 17.6 Å². The number of ether oxygens (including phenoxy) is 2. The van der Waals surface area contributed by atoms with Crippen LogP contribution in [0.4, 0.5) is 17.6 Å². The molecule has 0 saturated carbocycles.